The van der Waals surface area contributed by atoms with Gasteiger partial charge in [-0.3, -0.25) is 25.3 Å². The van der Waals surface area contributed by atoms with Gasteiger partial charge >= 0.3 is 5.97 Å². The highest BCUT2D eigenvalue weighted by atomic mass is 16.5. The first kappa shape index (κ1) is 23.3. The van der Waals surface area contributed by atoms with Crippen molar-refractivity contribution >= 4 is 18.2 Å². The van der Waals surface area contributed by atoms with E-state index in [9.17, 15) is 9.59 Å². The van der Waals surface area contributed by atoms with E-state index in [4.69, 9.17) is 19.4 Å². The number of aliphatic imine (C=N–C) groups is 1. The highest BCUT2D eigenvalue weighted by molar-refractivity contribution is 5.91. The molecular weight excluding hydrogens is 366 g/mol. The predicted molar refractivity (Wildman–Crippen MR) is 103 cm³/mol. The predicted octanol–water partition coefficient (Wildman–Crippen LogP) is 1.51. The van der Waals surface area contributed by atoms with Crippen molar-refractivity contribution in [2.45, 2.75) is 26.1 Å². The van der Waals surface area contributed by atoms with Crippen molar-refractivity contribution in [3.63, 3.8) is 0 Å². The summed E-state index contributed by atoms with van der Waals surface area (Å²) < 4.78 is 16.0. The number of ether oxygens (including phenoxy) is 3. The molecule has 0 aliphatic carbocycles. The summed E-state index contributed by atoms with van der Waals surface area (Å²) in [6.45, 7) is 2.51. The number of methoxy groups -OCH3 is 1. The van der Waals surface area contributed by atoms with Gasteiger partial charge in [-0.1, -0.05) is 12.1 Å². The number of nitrogens with zero attached hydrogens (tertiary/aromatic N) is 2. The van der Waals surface area contributed by atoms with E-state index >= 15 is 0 Å². The summed E-state index contributed by atoms with van der Waals surface area (Å²) in [6, 6.07) is 7.05. The van der Waals surface area contributed by atoms with Crippen LogP contribution in [0.2, 0.25) is 0 Å². The first-order chi connectivity index (χ1) is 13.5. The molecule has 1 aromatic rings. The number of nitrogens with one attached hydrogen (secondary N) is 1. The SMILES string of the molecule is CN=C(/C=C\N(C=O)CCC(COCc1ccc(OC(C)=O)cc1)OC)NO. The molecule has 0 radical (unpaired) electrons. The van der Waals surface area contributed by atoms with Gasteiger partial charge in [0, 0.05) is 33.8 Å². The highest BCUT2D eigenvalue weighted by Crippen LogP contribution is 2.13. The summed E-state index contributed by atoms with van der Waals surface area (Å²) in [6.07, 6.45) is 4.05. The Morgan fingerprint density at radius 3 is 2.61 bits per heavy atom. The van der Waals surface area contributed by atoms with E-state index in [1.54, 1.807) is 19.2 Å². The van der Waals surface area contributed by atoms with E-state index in [0.29, 0.717) is 38.3 Å². The van der Waals surface area contributed by atoms with Crippen molar-refractivity contribution in [3.8, 4) is 5.75 Å². The van der Waals surface area contributed by atoms with Crippen molar-refractivity contribution in [1.29, 1.82) is 0 Å². The molecule has 9 nitrogen and oxygen atoms in total. The number of hydrogen-bond donors (Lipinski definition) is 2. The number of hydroxylamine groups is 1. The zero-order valence-corrected chi connectivity index (χ0v) is 16.3. The van der Waals surface area contributed by atoms with Crippen LogP contribution in [0.3, 0.4) is 0 Å². The molecule has 0 bridgehead atoms. The average Bonchev–Trinajstić information content (AvgIpc) is 2.70. The first-order valence-electron chi connectivity index (χ1n) is 8.66. The number of hydrogen-bond acceptors (Lipinski definition) is 7. The summed E-state index contributed by atoms with van der Waals surface area (Å²) in [5.41, 5.74) is 2.85. The monoisotopic (exact) mass is 393 g/mol. The zero-order chi connectivity index (χ0) is 20.8. The lowest BCUT2D eigenvalue weighted by Gasteiger charge is -2.19. The van der Waals surface area contributed by atoms with Gasteiger partial charge in [0.15, 0.2) is 0 Å². The molecule has 2 N–H and O–H groups in total. The van der Waals surface area contributed by atoms with E-state index in [1.807, 2.05) is 17.6 Å². The van der Waals surface area contributed by atoms with Gasteiger partial charge in [0.05, 0.1) is 19.3 Å². The van der Waals surface area contributed by atoms with Crippen LogP contribution in [0.5, 0.6) is 5.75 Å². The molecule has 0 aliphatic rings. The molecular formula is C19H27N3O6. The number of benzene rings is 1. The maximum absolute atomic E-state index is 11.1. The maximum Gasteiger partial charge on any atom is 0.308 e. The largest absolute Gasteiger partial charge is 0.427 e. The molecule has 28 heavy (non-hydrogen) atoms. The molecule has 0 saturated heterocycles. The Morgan fingerprint density at radius 2 is 2.07 bits per heavy atom. The Bertz CT molecular complexity index is 660. The molecule has 1 atom stereocenters. The fraction of sp³-hybridized carbons (Fsp3) is 0.421. The van der Waals surface area contributed by atoms with Gasteiger partial charge in [-0.2, -0.15) is 0 Å². The van der Waals surface area contributed by atoms with Crippen LogP contribution in [-0.2, 0) is 25.7 Å². The summed E-state index contributed by atoms with van der Waals surface area (Å²) in [5, 5.41) is 8.82. The van der Waals surface area contributed by atoms with Crippen LogP contribution >= 0.6 is 0 Å². The molecule has 1 unspecified atom stereocenters. The van der Waals surface area contributed by atoms with Gasteiger partial charge in [0.2, 0.25) is 6.41 Å². The molecule has 0 spiro atoms. The fourth-order valence-electron chi connectivity index (χ4n) is 2.18. The lowest BCUT2D eigenvalue weighted by molar-refractivity contribution is -0.131. The normalized spacial score (nSPS) is 12.6. The van der Waals surface area contributed by atoms with Crippen LogP contribution in [0.1, 0.15) is 18.9 Å². The van der Waals surface area contributed by atoms with Crippen molar-refractivity contribution in [2.24, 2.45) is 4.99 Å². The molecule has 0 aromatic heterocycles. The molecule has 1 aromatic carbocycles. The number of amides is 1. The van der Waals surface area contributed by atoms with Crippen molar-refractivity contribution in [2.75, 3.05) is 27.3 Å². The van der Waals surface area contributed by atoms with Crippen molar-refractivity contribution in [3.05, 3.63) is 42.1 Å². The third-order valence-corrected chi connectivity index (χ3v) is 3.71. The molecule has 0 aliphatic heterocycles. The van der Waals surface area contributed by atoms with Gasteiger partial charge in [-0.25, -0.2) is 0 Å². The maximum atomic E-state index is 11.1. The number of rotatable bonds is 12. The average molecular weight is 393 g/mol. The lowest BCUT2D eigenvalue weighted by Crippen LogP contribution is -2.26. The zero-order valence-electron chi connectivity index (χ0n) is 16.3. The number of amidine groups is 1. The minimum Gasteiger partial charge on any atom is -0.427 e. The van der Waals surface area contributed by atoms with Crippen LogP contribution in [0.4, 0.5) is 0 Å². The third-order valence-electron chi connectivity index (χ3n) is 3.71. The molecule has 1 amide bonds. The second kappa shape index (κ2) is 13.4. The van der Waals surface area contributed by atoms with Crippen molar-refractivity contribution in [1.82, 2.24) is 10.4 Å². The Hall–Kier alpha value is -2.75. The quantitative estimate of drug-likeness (QED) is 0.138. The number of esters is 1. The van der Waals surface area contributed by atoms with E-state index in [1.165, 1.54) is 31.1 Å². The van der Waals surface area contributed by atoms with Gasteiger partial charge in [-0.05, 0) is 30.2 Å². The van der Waals surface area contributed by atoms with Crippen LogP contribution < -0.4 is 10.2 Å². The van der Waals surface area contributed by atoms with Gasteiger partial charge in [-0.15, -0.1) is 0 Å². The summed E-state index contributed by atoms with van der Waals surface area (Å²) in [5.74, 6) is 0.357. The van der Waals surface area contributed by atoms with Crippen LogP contribution in [-0.4, -0.2) is 61.7 Å². The highest BCUT2D eigenvalue weighted by Gasteiger charge is 2.10. The van der Waals surface area contributed by atoms with Gasteiger partial charge < -0.3 is 19.1 Å². The van der Waals surface area contributed by atoms with E-state index in [-0.39, 0.29) is 17.9 Å². The molecule has 154 valence electrons. The molecule has 0 fully saturated rings. The molecule has 0 saturated carbocycles. The smallest absolute Gasteiger partial charge is 0.308 e. The Kier molecular flexibility index (Phi) is 11.2. The fourth-order valence-corrected chi connectivity index (χ4v) is 2.18. The molecule has 0 heterocycles. The summed E-state index contributed by atoms with van der Waals surface area (Å²) in [7, 11) is 3.09. The number of carbonyl (C=O) groups is 2. The van der Waals surface area contributed by atoms with E-state index in [0.717, 1.165) is 5.56 Å². The van der Waals surface area contributed by atoms with Crippen LogP contribution in [0, 0.1) is 0 Å². The first-order valence-corrected chi connectivity index (χ1v) is 8.66. The minimum atomic E-state index is -0.364. The topological polar surface area (TPSA) is 110 Å². The molecule has 9 heteroatoms. The molecule has 1 rings (SSSR count). The van der Waals surface area contributed by atoms with Gasteiger partial charge in [0.25, 0.3) is 0 Å². The van der Waals surface area contributed by atoms with Crippen LogP contribution in [0.15, 0.2) is 41.5 Å². The van der Waals surface area contributed by atoms with Crippen molar-refractivity contribution < 1.29 is 29.0 Å². The Balaban J connectivity index is 2.41. The van der Waals surface area contributed by atoms with E-state index < -0.39 is 0 Å². The standard InChI is InChI=1S/C19H27N3O6/c1-15(24)28-17-6-4-16(5-7-17)12-27-13-18(26-3)8-10-22(14-23)11-9-19(20-2)21-25/h4-7,9,11,14,18,25H,8,10,12-13H2,1-3H3,(H,20,21)/b11-9-. The summed E-state index contributed by atoms with van der Waals surface area (Å²) in [4.78, 5) is 27.2. The number of carbonyl (C=O) groups excluding carboxylic acids is 2. The lowest BCUT2D eigenvalue weighted by atomic mass is 10.2. The Morgan fingerprint density at radius 1 is 1.36 bits per heavy atom. The van der Waals surface area contributed by atoms with Crippen LogP contribution in [0.25, 0.3) is 0 Å². The summed E-state index contributed by atoms with van der Waals surface area (Å²) >= 11 is 0. The van der Waals surface area contributed by atoms with Gasteiger partial charge in [0.1, 0.15) is 11.6 Å². The second-order valence-corrected chi connectivity index (χ2v) is 5.78. The third kappa shape index (κ3) is 9.26. The van der Waals surface area contributed by atoms with E-state index in [2.05, 4.69) is 4.99 Å². The Labute approximate surface area is 164 Å². The second-order valence-electron chi connectivity index (χ2n) is 5.78. The minimum absolute atomic E-state index is 0.188.